The predicted octanol–water partition coefficient (Wildman–Crippen LogP) is 3.50. The molecule has 25 heavy (non-hydrogen) atoms. The highest BCUT2D eigenvalue weighted by Crippen LogP contribution is 2.21. The number of carbonyl (C=O) groups excluding carboxylic acids is 3. The zero-order valence-electron chi connectivity index (χ0n) is 14.6. The van der Waals surface area contributed by atoms with Gasteiger partial charge in [-0.15, -0.1) is 0 Å². The summed E-state index contributed by atoms with van der Waals surface area (Å²) < 4.78 is 9.77. The highest BCUT2D eigenvalue weighted by atomic mass is 35.5. The second kappa shape index (κ2) is 9.68. The van der Waals surface area contributed by atoms with Gasteiger partial charge in [-0.2, -0.15) is 0 Å². The molecule has 0 aliphatic rings. The van der Waals surface area contributed by atoms with Crippen molar-refractivity contribution < 1.29 is 23.9 Å². The van der Waals surface area contributed by atoms with Crippen molar-refractivity contribution in [2.45, 2.75) is 27.7 Å². The van der Waals surface area contributed by atoms with E-state index in [4.69, 9.17) is 21.1 Å². The van der Waals surface area contributed by atoms with Gasteiger partial charge in [-0.3, -0.25) is 0 Å². The van der Waals surface area contributed by atoms with Gasteiger partial charge in [0.1, 0.15) is 0 Å². The van der Waals surface area contributed by atoms with Crippen molar-refractivity contribution in [2.24, 2.45) is 0 Å². The van der Waals surface area contributed by atoms with Crippen molar-refractivity contribution >= 4 is 35.3 Å². The van der Waals surface area contributed by atoms with E-state index in [0.717, 1.165) is 0 Å². The van der Waals surface area contributed by atoms with E-state index in [1.54, 1.807) is 33.8 Å². The second-order valence-electron chi connectivity index (χ2n) is 4.96. The van der Waals surface area contributed by atoms with Crippen molar-refractivity contribution in [1.82, 2.24) is 5.32 Å². The molecule has 1 rings (SSSR count). The highest BCUT2D eigenvalue weighted by Gasteiger charge is 2.14. The summed E-state index contributed by atoms with van der Waals surface area (Å²) in [5, 5.41) is 5.32. The molecule has 0 spiro atoms. The summed E-state index contributed by atoms with van der Waals surface area (Å²) in [6, 6.07) is 3.87. The molecule has 0 bridgehead atoms. The van der Waals surface area contributed by atoms with E-state index >= 15 is 0 Å². The molecule has 2 N–H and O–H groups in total. The maximum absolute atomic E-state index is 12.0. The Morgan fingerprint density at radius 1 is 1.08 bits per heavy atom. The molecule has 136 valence electrons. The Morgan fingerprint density at radius 3 is 2.32 bits per heavy atom. The molecule has 0 saturated carbocycles. The van der Waals surface area contributed by atoms with Crippen LogP contribution in [0.3, 0.4) is 0 Å². The molecule has 0 aliphatic heterocycles. The average molecular weight is 369 g/mol. The molecule has 0 heterocycles. The van der Waals surface area contributed by atoms with Gasteiger partial charge in [0, 0.05) is 11.4 Å². The summed E-state index contributed by atoms with van der Waals surface area (Å²) in [4.78, 5) is 35.5. The number of halogens is 1. The molecule has 0 aliphatic carbocycles. The number of carbonyl (C=O) groups is 3. The molecular formula is C17H21ClN2O5. The Balaban J connectivity index is 2.84. The maximum atomic E-state index is 12.0. The molecule has 8 heteroatoms. The molecule has 0 unspecified atom stereocenters. The molecule has 0 saturated heterocycles. The van der Waals surface area contributed by atoms with Crippen molar-refractivity contribution in [3.63, 3.8) is 0 Å². The predicted molar refractivity (Wildman–Crippen MR) is 94.6 cm³/mol. The Labute approximate surface area is 151 Å². The van der Waals surface area contributed by atoms with E-state index in [9.17, 15) is 14.4 Å². The molecule has 7 nitrogen and oxygen atoms in total. The first-order chi connectivity index (χ1) is 11.8. The quantitative estimate of drug-likeness (QED) is 0.592. The zero-order valence-corrected chi connectivity index (χ0v) is 15.3. The lowest BCUT2D eigenvalue weighted by atomic mass is 10.2. The summed E-state index contributed by atoms with van der Waals surface area (Å²) in [6.07, 6.45) is 0. The van der Waals surface area contributed by atoms with Crippen LogP contribution in [-0.4, -0.2) is 31.2 Å². The third-order valence-corrected chi connectivity index (χ3v) is 3.49. The molecule has 0 atom stereocenters. The number of allylic oxidation sites excluding steroid dienone is 1. The second-order valence-corrected chi connectivity index (χ2v) is 5.37. The summed E-state index contributed by atoms with van der Waals surface area (Å²) in [5.74, 6) is -1.08. The summed E-state index contributed by atoms with van der Waals surface area (Å²) in [7, 11) is 0. The normalized spacial score (nSPS) is 11.2. The molecule has 0 fully saturated rings. The highest BCUT2D eigenvalue weighted by molar-refractivity contribution is 6.33. The lowest BCUT2D eigenvalue weighted by molar-refractivity contribution is -0.138. The van der Waals surface area contributed by atoms with Crippen LogP contribution in [0.4, 0.5) is 10.5 Å². The Kier molecular flexibility index (Phi) is 7.94. The third kappa shape index (κ3) is 6.11. The van der Waals surface area contributed by atoms with Crippen LogP contribution in [0.1, 0.15) is 38.1 Å². The van der Waals surface area contributed by atoms with Gasteiger partial charge in [0.05, 0.1) is 29.4 Å². The molecule has 0 radical (unpaired) electrons. The van der Waals surface area contributed by atoms with Crippen molar-refractivity contribution in [3.05, 3.63) is 40.1 Å². The number of amides is 2. The van der Waals surface area contributed by atoms with E-state index in [0.29, 0.717) is 17.0 Å². The maximum Gasteiger partial charge on any atom is 0.339 e. The van der Waals surface area contributed by atoms with Crippen molar-refractivity contribution in [2.75, 3.05) is 18.5 Å². The van der Waals surface area contributed by atoms with Crippen LogP contribution in [0.5, 0.6) is 0 Å². The first-order valence-corrected chi connectivity index (χ1v) is 8.07. The van der Waals surface area contributed by atoms with Gasteiger partial charge in [0.25, 0.3) is 0 Å². The number of anilines is 1. The van der Waals surface area contributed by atoms with E-state index in [1.165, 1.54) is 12.1 Å². The molecular weight excluding hydrogens is 348 g/mol. The fraction of sp³-hybridized carbons (Fsp3) is 0.353. The summed E-state index contributed by atoms with van der Waals surface area (Å²) in [6.45, 7) is 6.97. The smallest absolute Gasteiger partial charge is 0.339 e. The summed E-state index contributed by atoms with van der Waals surface area (Å²) >= 11 is 5.97. The fourth-order valence-corrected chi connectivity index (χ4v) is 1.98. The zero-order chi connectivity index (χ0) is 19.0. The Morgan fingerprint density at radius 2 is 1.72 bits per heavy atom. The molecule has 1 aromatic rings. The van der Waals surface area contributed by atoms with Crippen LogP contribution >= 0.6 is 11.6 Å². The van der Waals surface area contributed by atoms with Gasteiger partial charge in [-0.05, 0) is 45.9 Å². The van der Waals surface area contributed by atoms with E-state index in [-0.39, 0.29) is 23.8 Å². The van der Waals surface area contributed by atoms with E-state index < -0.39 is 18.0 Å². The number of nitrogens with one attached hydrogen (secondary N) is 2. The lowest BCUT2D eigenvalue weighted by Gasteiger charge is -2.12. The average Bonchev–Trinajstić information content (AvgIpc) is 2.56. The largest absolute Gasteiger partial charge is 0.463 e. The number of urea groups is 1. The SMILES string of the molecule is CCOC(=O)/C(C)=C(\C)NC(=O)Nc1ccc(Cl)c(C(=O)OCC)c1. The Bertz CT molecular complexity index is 700. The van der Waals surface area contributed by atoms with Gasteiger partial charge in [0.2, 0.25) is 0 Å². The molecule has 2 amide bonds. The first kappa shape index (κ1) is 20.5. The molecule has 0 aromatic heterocycles. The minimum Gasteiger partial charge on any atom is -0.463 e. The van der Waals surface area contributed by atoms with Crippen LogP contribution in [0, 0.1) is 0 Å². The van der Waals surface area contributed by atoms with E-state index in [1.807, 2.05) is 0 Å². The molecule has 1 aromatic carbocycles. The third-order valence-electron chi connectivity index (χ3n) is 3.16. The van der Waals surface area contributed by atoms with Crippen LogP contribution in [0.15, 0.2) is 29.5 Å². The standard InChI is InChI=1S/C17H21ClN2O5/c1-5-24-15(21)10(3)11(4)19-17(23)20-12-7-8-14(18)13(9-12)16(22)25-6-2/h7-9H,5-6H2,1-4H3,(H2,19,20,23)/b11-10+. The van der Waals surface area contributed by atoms with Crippen LogP contribution in [-0.2, 0) is 14.3 Å². The number of benzene rings is 1. The van der Waals surface area contributed by atoms with Gasteiger partial charge in [-0.25, -0.2) is 14.4 Å². The topological polar surface area (TPSA) is 93.7 Å². The Hall–Kier alpha value is -2.54. The van der Waals surface area contributed by atoms with Crippen LogP contribution < -0.4 is 10.6 Å². The van der Waals surface area contributed by atoms with Gasteiger partial charge < -0.3 is 20.1 Å². The van der Waals surface area contributed by atoms with Gasteiger partial charge in [0.15, 0.2) is 0 Å². The monoisotopic (exact) mass is 368 g/mol. The van der Waals surface area contributed by atoms with Crippen LogP contribution in [0.25, 0.3) is 0 Å². The first-order valence-electron chi connectivity index (χ1n) is 7.69. The number of hydrogen-bond donors (Lipinski definition) is 2. The van der Waals surface area contributed by atoms with E-state index in [2.05, 4.69) is 10.6 Å². The lowest BCUT2D eigenvalue weighted by Crippen LogP contribution is -2.29. The minimum atomic E-state index is -0.578. The minimum absolute atomic E-state index is 0.149. The van der Waals surface area contributed by atoms with Crippen molar-refractivity contribution in [3.8, 4) is 0 Å². The fourth-order valence-electron chi connectivity index (χ4n) is 1.79. The summed E-state index contributed by atoms with van der Waals surface area (Å²) in [5.41, 5.74) is 1.15. The number of ether oxygens (including phenoxy) is 2. The van der Waals surface area contributed by atoms with Gasteiger partial charge in [-0.1, -0.05) is 11.6 Å². The number of hydrogen-bond acceptors (Lipinski definition) is 5. The van der Waals surface area contributed by atoms with Crippen molar-refractivity contribution in [1.29, 1.82) is 0 Å². The van der Waals surface area contributed by atoms with Gasteiger partial charge >= 0.3 is 18.0 Å². The van der Waals surface area contributed by atoms with Crippen LogP contribution in [0.2, 0.25) is 5.02 Å². The number of esters is 2. The number of rotatable bonds is 6.